The first-order chi connectivity index (χ1) is 9.92. The molecule has 1 aromatic carbocycles. The molecule has 0 amide bonds. The van der Waals surface area contributed by atoms with Gasteiger partial charge in [0, 0.05) is 17.1 Å². The summed E-state index contributed by atoms with van der Waals surface area (Å²) in [5, 5.41) is 15.1. The Labute approximate surface area is 130 Å². The molecule has 0 aliphatic heterocycles. The first kappa shape index (κ1) is 15.5. The highest BCUT2D eigenvalue weighted by Gasteiger charge is 2.11. The third-order valence-corrected chi connectivity index (χ3v) is 2.93. The molecule has 0 atom stereocenters. The first-order valence-electron chi connectivity index (χ1n) is 6.89. The molecule has 0 aliphatic rings. The molecule has 0 radical (unpaired) electrons. The number of halogens is 1. The summed E-state index contributed by atoms with van der Waals surface area (Å²) in [6, 6.07) is 7.84. The fourth-order valence-electron chi connectivity index (χ4n) is 1.76. The highest BCUT2D eigenvalue weighted by molar-refractivity contribution is 6.30. The summed E-state index contributed by atoms with van der Waals surface area (Å²) in [5.41, 5.74) is 1.13. The van der Waals surface area contributed by atoms with Gasteiger partial charge in [-0.05, 0) is 44.9 Å². The second kappa shape index (κ2) is 6.72. The minimum Gasteiger partial charge on any atom is -0.368 e. The molecular weight excluding hydrogens is 286 g/mol. The van der Waals surface area contributed by atoms with Gasteiger partial charge in [0.15, 0.2) is 5.82 Å². The number of nitrogens with one attached hydrogen (secondary N) is 2. The molecule has 0 saturated carbocycles. The van der Waals surface area contributed by atoms with Crippen molar-refractivity contribution >= 4 is 23.4 Å². The van der Waals surface area contributed by atoms with Crippen LogP contribution in [0.15, 0.2) is 30.5 Å². The maximum Gasteiger partial charge on any atom is 0.245 e. The minimum absolute atomic E-state index is 0.0936. The number of nitrogens with zero attached hydrogens (tertiary/aromatic N) is 3. The molecule has 1 aromatic heterocycles. The first-order valence-corrected chi connectivity index (χ1v) is 7.26. The highest BCUT2D eigenvalue weighted by Crippen LogP contribution is 2.12. The Morgan fingerprint density at radius 3 is 2.52 bits per heavy atom. The molecule has 0 unspecified atom stereocenters. The zero-order valence-electron chi connectivity index (χ0n) is 12.5. The van der Waals surface area contributed by atoms with Gasteiger partial charge in [-0.3, -0.25) is 0 Å². The quantitative estimate of drug-likeness (QED) is 0.886. The van der Waals surface area contributed by atoms with Crippen LogP contribution < -0.4 is 10.6 Å². The summed E-state index contributed by atoms with van der Waals surface area (Å²) in [6.45, 7) is 6.93. The number of aromatic nitrogens is 3. The fraction of sp³-hybridized carbons (Fsp3) is 0.400. The van der Waals surface area contributed by atoms with Crippen molar-refractivity contribution in [3.63, 3.8) is 0 Å². The van der Waals surface area contributed by atoms with E-state index in [9.17, 15) is 0 Å². The largest absolute Gasteiger partial charge is 0.368 e. The predicted molar refractivity (Wildman–Crippen MR) is 86.8 cm³/mol. The van der Waals surface area contributed by atoms with Crippen LogP contribution in [-0.4, -0.2) is 27.3 Å². The molecule has 1 heterocycles. The molecule has 2 N–H and O–H groups in total. The summed E-state index contributed by atoms with van der Waals surface area (Å²) in [6.07, 6.45) is 2.51. The summed E-state index contributed by atoms with van der Waals surface area (Å²) in [7, 11) is 0. The summed E-state index contributed by atoms with van der Waals surface area (Å²) >= 11 is 5.86. The molecule has 2 rings (SSSR count). The average molecular weight is 306 g/mol. The third-order valence-electron chi connectivity index (χ3n) is 2.68. The maximum absolute atomic E-state index is 5.86. The van der Waals surface area contributed by atoms with Crippen LogP contribution in [0.3, 0.4) is 0 Å². The van der Waals surface area contributed by atoms with E-state index in [1.807, 2.05) is 24.3 Å². The van der Waals surface area contributed by atoms with Crippen molar-refractivity contribution in [1.29, 1.82) is 0 Å². The number of rotatable bonds is 5. The van der Waals surface area contributed by atoms with Crippen molar-refractivity contribution in [3.8, 4) is 0 Å². The van der Waals surface area contributed by atoms with Crippen molar-refractivity contribution in [3.05, 3.63) is 41.0 Å². The second-order valence-corrected chi connectivity index (χ2v) is 6.28. The summed E-state index contributed by atoms with van der Waals surface area (Å²) in [5.74, 6) is 1.24. The van der Waals surface area contributed by atoms with Crippen LogP contribution in [0.1, 0.15) is 26.3 Å². The van der Waals surface area contributed by atoms with Crippen LogP contribution in [0, 0.1) is 0 Å². The topological polar surface area (TPSA) is 62.7 Å². The fourth-order valence-corrected chi connectivity index (χ4v) is 1.89. The van der Waals surface area contributed by atoms with Crippen LogP contribution >= 0.6 is 11.6 Å². The molecule has 0 saturated heterocycles. The van der Waals surface area contributed by atoms with E-state index in [1.165, 1.54) is 5.56 Å². The highest BCUT2D eigenvalue weighted by atomic mass is 35.5. The van der Waals surface area contributed by atoms with Gasteiger partial charge in [0.05, 0.1) is 6.20 Å². The van der Waals surface area contributed by atoms with Gasteiger partial charge in [0.25, 0.3) is 0 Å². The van der Waals surface area contributed by atoms with E-state index in [4.69, 9.17) is 11.6 Å². The lowest BCUT2D eigenvalue weighted by molar-refractivity contribution is 0.623. The Hall–Kier alpha value is -1.88. The summed E-state index contributed by atoms with van der Waals surface area (Å²) < 4.78 is 0. The average Bonchev–Trinajstić information content (AvgIpc) is 2.39. The van der Waals surface area contributed by atoms with Gasteiger partial charge in [-0.2, -0.15) is 10.1 Å². The molecule has 5 nitrogen and oxygen atoms in total. The Balaban J connectivity index is 1.88. The van der Waals surface area contributed by atoms with Gasteiger partial charge in [-0.25, -0.2) is 0 Å². The van der Waals surface area contributed by atoms with E-state index in [1.54, 1.807) is 6.20 Å². The lowest BCUT2D eigenvalue weighted by Crippen LogP contribution is -2.27. The predicted octanol–water partition coefficient (Wildman–Crippen LogP) is 3.39. The normalized spacial score (nSPS) is 11.2. The van der Waals surface area contributed by atoms with E-state index in [-0.39, 0.29) is 5.54 Å². The van der Waals surface area contributed by atoms with Crippen LogP contribution in [0.4, 0.5) is 11.8 Å². The van der Waals surface area contributed by atoms with Crippen LogP contribution in [0.5, 0.6) is 0 Å². The monoisotopic (exact) mass is 305 g/mol. The minimum atomic E-state index is -0.0936. The van der Waals surface area contributed by atoms with Crippen molar-refractivity contribution in [1.82, 2.24) is 15.2 Å². The van der Waals surface area contributed by atoms with E-state index in [2.05, 4.69) is 46.6 Å². The van der Waals surface area contributed by atoms with Gasteiger partial charge in [0.1, 0.15) is 0 Å². The zero-order valence-corrected chi connectivity index (χ0v) is 13.3. The smallest absolute Gasteiger partial charge is 0.245 e. The lowest BCUT2D eigenvalue weighted by atomic mass is 10.1. The van der Waals surface area contributed by atoms with E-state index >= 15 is 0 Å². The van der Waals surface area contributed by atoms with Crippen LogP contribution in [0.25, 0.3) is 0 Å². The van der Waals surface area contributed by atoms with Crippen molar-refractivity contribution in [2.75, 3.05) is 17.2 Å². The van der Waals surface area contributed by atoms with E-state index < -0.39 is 0 Å². The number of anilines is 2. The SMILES string of the molecule is CC(C)(C)Nc1nncc(NCCc2ccc(Cl)cc2)n1. The Morgan fingerprint density at radius 1 is 1.14 bits per heavy atom. The van der Waals surface area contributed by atoms with Crippen molar-refractivity contribution in [2.24, 2.45) is 0 Å². The lowest BCUT2D eigenvalue weighted by Gasteiger charge is -2.20. The van der Waals surface area contributed by atoms with Gasteiger partial charge < -0.3 is 10.6 Å². The maximum atomic E-state index is 5.86. The molecule has 112 valence electrons. The Morgan fingerprint density at radius 2 is 1.86 bits per heavy atom. The Bertz CT molecular complexity index is 577. The standard InChI is InChI=1S/C15H20ClN5/c1-15(2,3)20-14-19-13(10-18-21-14)17-9-8-11-4-6-12(16)7-5-11/h4-7,10H,8-9H2,1-3H3,(H2,17,19,20,21). The molecule has 0 fully saturated rings. The molecule has 0 bridgehead atoms. The van der Waals surface area contributed by atoms with Gasteiger partial charge in [0.2, 0.25) is 5.95 Å². The molecule has 21 heavy (non-hydrogen) atoms. The van der Waals surface area contributed by atoms with Crippen LogP contribution in [-0.2, 0) is 6.42 Å². The zero-order chi connectivity index (χ0) is 15.3. The van der Waals surface area contributed by atoms with E-state index in [0.29, 0.717) is 11.8 Å². The third kappa shape index (κ3) is 5.55. The van der Waals surface area contributed by atoms with Crippen LogP contribution in [0.2, 0.25) is 5.02 Å². The molecule has 2 aromatic rings. The van der Waals surface area contributed by atoms with Gasteiger partial charge in [-0.1, -0.05) is 23.7 Å². The van der Waals surface area contributed by atoms with Gasteiger partial charge in [-0.15, -0.1) is 5.10 Å². The molecule has 0 spiro atoms. The summed E-state index contributed by atoms with van der Waals surface area (Å²) in [4.78, 5) is 4.39. The van der Waals surface area contributed by atoms with Crippen molar-refractivity contribution in [2.45, 2.75) is 32.7 Å². The van der Waals surface area contributed by atoms with Crippen molar-refractivity contribution < 1.29 is 0 Å². The van der Waals surface area contributed by atoms with Gasteiger partial charge >= 0.3 is 0 Å². The molecule has 0 aliphatic carbocycles. The number of hydrogen-bond acceptors (Lipinski definition) is 5. The Kier molecular flexibility index (Phi) is 4.96. The number of hydrogen-bond donors (Lipinski definition) is 2. The molecular formula is C15H20ClN5. The number of benzene rings is 1. The van der Waals surface area contributed by atoms with E-state index in [0.717, 1.165) is 18.0 Å². The molecule has 6 heteroatoms. The second-order valence-electron chi connectivity index (χ2n) is 5.84.